The number of aromatic nitrogens is 4. The van der Waals surface area contributed by atoms with Crippen molar-refractivity contribution in [1.82, 2.24) is 19.9 Å². The Bertz CT molecular complexity index is 776. The van der Waals surface area contributed by atoms with Crippen molar-refractivity contribution in [2.24, 2.45) is 0 Å². The monoisotopic (exact) mass is 359 g/mol. The van der Waals surface area contributed by atoms with Crippen LogP contribution in [0.1, 0.15) is 6.42 Å². The van der Waals surface area contributed by atoms with E-state index in [4.69, 9.17) is 25.7 Å². The fourth-order valence-corrected chi connectivity index (χ4v) is 2.90. The molecule has 0 radical (unpaired) electrons. The van der Waals surface area contributed by atoms with Crippen LogP contribution in [0.25, 0.3) is 11.3 Å². The fraction of sp³-hybridized carbons (Fsp3) is 0.500. The summed E-state index contributed by atoms with van der Waals surface area (Å²) in [5.74, 6) is 1.42. The molecule has 2 aliphatic heterocycles. The standard InChI is InChI=1S/C16H21N7O3/c17-14-11(8-19-15(18)22-14)12-7-13(26-10-1-4-25-9-10)21-16(20-12)23-2-5-24-6-3-23/h7-8,10H,1-6,9H2,(H4,17,18,19,22)/t10-/m1/s1. The highest BCUT2D eigenvalue weighted by Gasteiger charge is 2.22. The quantitative estimate of drug-likeness (QED) is 0.774. The van der Waals surface area contributed by atoms with Crippen LogP contribution >= 0.6 is 0 Å². The van der Waals surface area contributed by atoms with Gasteiger partial charge in [-0.15, -0.1) is 0 Å². The molecule has 26 heavy (non-hydrogen) atoms. The first-order valence-electron chi connectivity index (χ1n) is 8.53. The lowest BCUT2D eigenvalue weighted by Gasteiger charge is -2.27. The van der Waals surface area contributed by atoms with Gasteiger partial charge in [0, 0.05) is 31.8 Å². The zero-order chi connectivity index (χ0) is 17.9. The van der Waals surface area contributed by atoms with Gasteiger partial charge in [-0.25, -0.2) is 9.97 Å². The molecule has 2 saturated heterocycles. The van der Waals surface area contributed by atoms with Crippen molar-refractivity contribution in [2.45, 2.75) is 12.5 Å². The molecule has 2 aromatic heterocycles. The second-order valence-corrected chi connectivity index (χ2v) is 6.12. The van der Waals surface area contributed by atoms with Crippen LogP contribution in [0.2, 0.25) is 0 Å². The minimum atomic E-state index is -0.0182. The molecule has 10 nitrogen and oxygen atoms in total. The number of nitrogens with zero attached hydrogens (tertiary/aromatic N) is 5. The van der Waals surface area contributed by atoms with E-state index >= 15 is 0 Å². The maximum atomic E-state index is 6.01. The van der Waals surface area contributed by atoms with E-state index in [2.05, 4.69) is 24.8 Å². The van der Waals surface area contributed by atoms with Crippen LogP contribution < -0.4 is 21.1 Å². The SMILES string of the molecule is Nc1ncc(-c2cc(O[C@@H]3CCOC3)nc(N3CCOCC3)n2)c(N)n1. The van der Waals surface area contributed by atoms with Crippen LogP contribution in [0.4, 0.5) is 17.7 Å². The van der Waals surface area contributed by atoms with Gasteiger partial charge in [0.25, 0.3) is 0 Å². The molecule has 138 valence electrons. The van der Waals surface area contributed by atoms with Gasteiger partial charge in [-0.3, -0.25) is 0 Å². The van der Waals surface area contributed by atoms with E-state index in [9.17, 15) is 0 Å². The molecule has 10 heteroatoms. The summed E-state index contributed by atoms with van der Waals surface area (Å²) in [7, 11) is 0. The summed E-state index contributed by atoms with van der Waals surface area (Å²) in [6.07, 6.45) is 2.38. The molecule has 0 unspecified atom stereocenters. The average Bonchev–Trinajstić information content (AvgIpc) is 3.15. The van der Waals surface area contributed by atoms with Gasteiger partial charge in [-0.2, -0.15) is 9.97 Å². The van der Waals surface area contributed by atoms with E-state index in [0.29, 0.717) is 62.6 Å². The predicted octanol–water partition coefficient (Wildman–Crippen LogP) is 0.102. The molecule has 2 aliphatic rings. The molecule has 0 aromatic carbocycles. The second kappa shape index (κ2) is 7.26. The first-order chi connectivity index (χ1) is 12.7. The highest BCUT2D eigenvalue weighted by Crippen LogP contribution is 2.28. The molecule has 2 aromatic rings. The summed E-state index contributed by atoms with van der Waals surface area (Å²) >= 11 is 0. The molecule has 0 spiro atoms. The Morgan fingerprint density at radius 2 is 1.92 bits per heavy atom. The van der Waals surface area contributed by atoms with Crippen molar-refractivity contribution in [3.8, 4) is 17.1 Å². The van der Waals surface area contributed by atoms with Crippen molar-refractivity contribution in [3.63, 3.8) is 0 Å². The van der Waals surface area contributed by atoms with Gasteiger partial charge in [-0.1, -0.05) is 0 Å². The topological polar surface area (TPSA) is 135 Å². The van der Waals surface area contributed by atoms with Crippen molar-refractivity contribution < 1.29 is 14.2 Å². The van der Waals surface area contributed by atoms with Crippen LogP contribution in [0.5, 0.6) is 5.88 Å². The first kappa shape index (κ1) is 16.7. The van der Waals surface area contributed by atoms with E-state index in [0.717, 1.165) is 6.42 Å². The minimum absolute atomic E-state index is 0.0182. The minimum Gasteiger partial charge on any atom is -0.472 e. The van der Waals surface area contributed by atoms with Gasteiger partial charge in [0.15, 0.2) is 0 Å². The summed E-state index contributed by atoms with van der Waals surface area (Å²) in [5.41, 5.74) is 12.8. The largest absolute Gasteiger partial charge is 0.472 e. The van der Waals surface area contributed by atoms with Crippen LogP contribution in [-0.2, 0) is 9.47 Å². The lowest BCUT2D eigenvalue weighted by molar-refractivity contribution is 0.121. The maximum Gasteiger partial charge on any atom is 0.229 e. The van der Waals surface area contributed by atoms with Gasteiger partial charge in [-0.05, 0) is 0 Å². The van der Waals surface area contributed by atoms with E-state index < -0.39 is 0 Å². The van der Waals surface area contributed by atoms with Gasteiger partial charge in [0.1, 0.15) is 11.9 Å². The molecule has 2 fully saturated rings. The first-order valence-corrected chi connectivity index (χ1v) is 8.53. The number of ether oxygens (including phenoxy) is 3. The third-order valence-corrected chi connectivity index (χ3v) is 4.27. The van der Waals surface area contributed by atoms with Crippen molar-refractivity contribution >= 4 is 17.7 Å². The summed E-state index contributed by atoms with van der Waals surface area (Å²) < 4.78 is 16.8. The third-order valence-electron chi connectivity index (χ3n) is 4.27. The normalized spacial score (nSPS) is 20.3. The van der Waals surface area contributed by atoms with Crippen molar-refractivity contribution in [3.05, 3.63) is 12.3 Å². The Labute approximate surface area is 150 Å². The molecule has 4 N–H and O–H groups in total. The maximum absolute atomic E-state index is 6.01. The summed E-state index contributed by atoms with van der Waals surface area (Å²) in [5, 5.41) is 0. The zero-order valence-electron chi connectivity index (χ0n) is 14.3. The Morgan fingerprint density at radius 3 is 2.65 bits per heavy atom. The molecular weight excluding hydrogens is 338 g/mol. The lowest BCUT2D eigenvalue weighted by atomic mass is 10.2. The van der Waals surface area contributed by atoms with E-state index in [-0.39, 0.29) is 17.9 Å². The zero-order valence-corrected chi connectivity index (χ0v) is 14.3. The molecular formula is C16H21N7O3. The number of nitrogens with two attached hydrogens (primary N) is 2. The average molecular weight is 359 g/mol. The van der Waals surface area contributed by atoms with Crippen LogP contribution in [-0.4, -0.2) is 65.6 Å². The van der Waals surface area contributed by atoms with Crippen LogP contribution in [0.3, 0.4) is 0 Å². The third kappa shape index (κ3) is 3.60. The fourth-order valence-electron chi connectivity index (χ4n) is 2.90. The lowest BCUT2D eigenvalue weighted by Crippen LogP contribution is -2.37. The Hall–Kier alpha value is -2.72. The van der Waals surface area contributed by atoms with E-state index in [1.54, 1.807) is 12.3 Å². The number of hydrogen-bond acceptors (Lipinski definition) is 10. The summed E-state index contributed by atoms with van der Waals surface area (Å²) in [6.45, 7) is 3.93. The van der Waals surface area contributed by atoms with Crippen LogP contribution in [0.15, 0.2) is 12.3 Å². The highest BCUT2D eigenvalue weighted by molar-refractivity contribution is 5.72. The van der Waals surface area contributed by atoms with Crippen molar-refractivity contribution in [1.29, 1.82) is 0 Å². The molecule has 0 amide bonds. The summed E-state index contributed by atoms with van der Waals surface area (Å²) in [4.78, 5) is 19.3. The Morgan fingerprint density at radius 1 is 1.08 bits per heavy atom. The van der Waals surface area contributed by atoms with Gasteiger partial charge in [0.05, 0.1) is 37.7 Å². The smallest absolute Gasteiger partial charge is 0.229 e. The van der Waals surface area contributed by atoms with E-state index in [1.165, 1.54) is 0 Å². The molecule has 0 aliphatic carbocycles. The van der Waals surface area contributed by atoms with Gasteiger partial charge in [0.2, 0.25) is 17.8 Å². The Balaban J connectivity index is 1.71. The van der Waals surface area contributed by atoms with E-state index in [1.807, 2.05) is 0 Å². The molecule has 4 heterocycles. The highest BCUT2D eigenvalue weighted by atomic mass is 16.5. The molecule has 4 rings (SSSR count). The van der Waals surface area contributed by atoms with Crippen LogP contribution in [0, 0.1) is 0 Å². The number of morpholine rings is 1. The number of hydrogen-bond donors (Lipinski definition) is 2. The molecule has 1 atom stereocenters. The Kier molecular flexibility index (Phi) is 4.67. The number of anilines is 3. The predicted molar refractivity (Wildman–Crippen MR) is 94.8 cm³/mol. The number of nitrogen functional groups attached to an aromatic ring is 2. The second-order valence-electron chi connectivity index (χ2n) is 6.12. The van der Waals surface area contributed by atoms with Gasteiger partial charge >= 0.3 is 0 Å². The molecule has 0 saturated carbocycles. The van der Waals surface area contributed by atoms with Crippen molar-refractivity contribution in [2.75, 3.05) is 55.9 Å². The number of rotatable bonds is 4. The van der Waals surface area contributed by atoms with Gasteiger partial charge < -0.3 is 30.6 Å². The summed E-state index contributed by atoms with van der Waals surface area (Å²) in [6, 6.07) is 1.74. The molecule has 0 bridgehead atoms.